The van der Waals surface area contributed by atoms with E-state index in [0.717, 1.165) is 12.1 Å². The van der Waals surface area contributed by atoms with Crippen molar-refractivity contribution in [2.45, 2.75) is 12.2 Å². The minimum absolute atomic E-state index is 0.235. The topological polar surface area (TPSA) is 51.8 Å². The lowest BCUT2D eigenvalue weighted by Gasteiger charge is -2.14. The average molecular weight is 271 g/mol. The van der Waals surface area contributed by atoms with Gasteiger partial charge in [0.25, 0.3) is 0 Å². The van der Waals surface area contributed by atoms with Crippen molar-refractivity contribution in [2.24, 2.45) is 5.73 Å². The maximum absolute atomic E-state index is 13.4. The highest BCUT2D eigenvalue weighted by Gasteiger charge is 2.34. The molecule has 0 radical (unpaired) electrons. The minimum Gasteiger partial charge on any atom is -0.320 e. The van der Waals surface area contributed by atoms with Crippen LogP contribution in [0, 0.1) is 5.82 Å². The van der Waals surface area contributed by atoms with Gasteiger partial charge in [0.1, 0.15) is 5.82 Å². The van der Waals surface area contributed by atoms with Crippen molar-refractivity contribution in [1.82, 2.24) is 10.2 Å². The summed E-state index contributed by atoms with van der Waals surface area (Å²) in [5, 5.41) is 7.16. The van der Waals surface area contributed by atoms with E-state index in [9.17, 15) is 17.6 Å². The first kappa shape index (κ1) is 13.4. The first-order valence-corrected chi connectivity index (χ1v) is 5.28. The molecule has 0 saturated heterocycles. The molecule has 2 aromatic rings. The molecule has 0 bridgehead atoms. The normalized spacial score (nSPS) is 13.3. The first-order chi connectivity index (χ1) is 8.89. The summed E-state index contributed by atoms with van der Waals surface area (Å²) in [6, 6.07) is 3.42. The van der Waals surface area contributed by atoms with E-state index < -0.39 is 23.6 Å². The molecule has 1 aromatic carbocycles. The van der Waals surface area contributed by atoms with Crippen molar-refractivity contribution < 1.29 is 17.6 Å². The third-order valence-electron chi connectivity index (χ3n) is 2.62. The zero-order valence-corrected chi connectivity index (χ0v) is 9.53. The van der Waals surface area contributed by atoms with Gasteiger partial charge in [-0.05, 0) is 29.3 Å². The van der Waals surface area contributed by atoms with Crippen LogP contribution in [0.3, 0.4) is 0 Å². The quantitative estimate of drug-likeness (QED) is 0.854. The molecule has 7 heteroatoms. The molecule has 0 spiro atoms. The number of hydrogen-bond donors (Lipinski definition) is 1. The Kier molecular flexibility index (Phi) is 3.48. The number of nitrogens with two attached hydrogens (primary N) is 1. The molecule has 3 nitrogen and oxygen atoms in total. The molecule has 0 aliphatic heterocycles. The average Bonchev–Trinajstić information content (AvgIpc) is 2.37. The summed E-state index contributed by atoms with van der Waals surface area (Å²) in [7, 11) is 0. The Morgan fingerprint density at radius 1 is 1.05 bits per heavy atom. The van der Waals surface area contributed by atoms with Crippen LogP contribution >= 0.6 is 0 Å². The van der Waals surface area contributed by atoms with Crippen molar-refractivity contribution in [3.05, 3.63) is 59.2 Å². The molecular formula is C12H9F4N3. The molecule has 2 N–H and O–H groups in total. The highest BCUT2D eigenvalue weighted by Crippen LogP contribution is 2.32. The highest BCUT2D eigenvalue weighted by molar-refractivity contribution is 5.33. The van der Waals surface area contributed by atoms with Crippen molar-refractivity contribution in [3.8, 4) is 0 Å². The van der Waals surface area contributed by atoms with Crippen LogP contribution in [0.1, 0.15) is 22.7 Å². The van der Waals surface area contributed by atoms with Crippen LogP contribution in [0.4, 0.5) is 17.6 Å². The summed E-state index contributed by atoms with van der Waals surface area (Å²) >= 11 is 0. The van der Waals surface area contributed by atoms with E-state index in [1.54, 1.807) is 6.07 Å². The second kappa shape index (κ2) is 4.93. The Labute approximate surface area is 106 Å². The maximum atomic E-state index is 13.4. The lowest BCUT2D eigenvalue weighted by atomic mass is 10.00. The third-order valence-corrected chi connectivity index (χ3v) is 2.62. The van der Waals surface area contributed by atoms with Gasteiger partial charge in [0.15, 0.2) is 0 Å². The lowest BCUT2D eigenvalue weighted by molar-refractivity contribution is -0.140. The van der Waals surface area contributed by atoms with Gasteiger partial charge in [-0.1, -0.05) is 6.07 Å². The molecule has 0 saturated carbocycles. The van der Waals surface area contributed by atoms with Crippen LogP contribution in [0.15, 0.2) is 36.7 Å². The maximum Gasteiger partial charge on any atom is 0.419 e. The van der Waals surface area contributed by atoms with E-state index in [0.29, 0.717) is 11.6 Å². The Hall–Kier alpha value is -2.02. The van der Waals surface area contributed by atoms with E-state index in [4.69, 9.17) is 5.73 Å². The van der Waals surface area contributed by atoms with Gasteiger partial charge in [-0.25, -0.2) is 4.39 Å². The van der Waals surface area contributed by atoms with E-state index in [-0.39, 0.29) is 5.56 Å². The van der Waals surface area contributed by atoms with Crippen molar-refractivity contribution in [3.63, 3.8) is 0 Å². The van der Waals surface area contributed by atoms with Crippen molar-refractivity contribution >= 4 is 0 Å². The van der Waals surface area contributed by atoms with Gasteiger partial charge < -0.3 is 5.73 Å². The fraction of sp³-hybridized carbons (Fsp3) is 0.167. The highest BCUT2D eigenvalue weighted by atomic mass is 19.4. The van der Waals surface area contributed by atoms with Crippen LogP contribution in [0.2, 0.25) is 0 Å². The lowest BCUT2D eigenvalue weighted by Crippen LogP contribution is -2.14. The third kappa shape index (κ3) is 2.87. The molecule has 0 aliphatic carbocycles. The predicted molar refractivity (Wildman–Crippen MR) is 59.5 cm³/mol. The Bertz CT molecular complexity index is 569. The standard InChI is InChI=1S/C12H9F4N3/c13-10-5-7(1-2-9(10)12(14,15)16)11(17)8-3-4-18-19-6-8/h1-6,11H,17H2. The fourth-order valence-electron chi connectivity index (χ4n) is 1.63. The zero-order valence-electron chi connectivity index (χ0n) is 9.53. The number of halogens is 4. The number of hydrogen-bond acceptors (Lipinski definition) is 3. The first-order valence-electron chi connectivity index (χ1n) is 5.28. The van der Waals surface area contributed by atoms with Gasteiger partial charge in [0, 0.05) is 6.20 Å². The number of benzene rings is 1. The monoisotopic (exact) mass is 271 g/mol. The molecule has 2 rings (SSSR count). The van der Waals surface area contributed by atoms with E-state index in [1.807, 2.05) is 0 Å². The minimum atomic E-state index is -4.72. The van der Waals surface area contributed by atoms with E-state index >= 15 is 0 Å². The van der Waals surface area contributed by atoms with Gasteiger partial charge in [0.2, 0.25) is 0 Å². The van der Waals surface area contributed by atoms with E-state index in [2.05, 4.69) is 10.2 Å². The Balaban J connectivity index is 2.35. The molecule has 1 atom stereocenters. The van der Waals surface area contributed by atoms with Gasteiger partial charge >= 0.3 is 6.18 Å². The van der Waals surface area contributed by atoms with Gasteiger partial charge in [-0.15, -0.1) is 0 Å². The van der Waals surface area contributed by atoms with Crippen molar-refractivity contribution in [2.75, 3.05) is 0 Å². The van der Waals surface area contributed by atoms with Crippen molar-refractivity contribution in [1.29, 1.82) is 0 Å². The number of aromatic nitrogens is 2. The predicted octanol–water partition coefficient (Wildman–Crippen LogP) is 2.68. The summed E-state index contributed by atoms with van der Waals surface area (Å²) in [6.45, 7) is 0. The van der Waals surface area contributed by atoms with Gasteiger partial charge in [0.05, 0.1) is 17.8 Å². The molecule has 0 aliphatic rings. The molecule has 0 fully saturated rings. The summed E-state index contributed by atoms with van der Waals surface area (Å²) in [5.74, 6) is -1.34. The molecule has 1 unspecified atom stereocenters. The van der Waals surface area contributed by atoms with Gasteiger partial charge in [-0.3, -0.25) is 0 Å². The molecule has 19 heavy (non-hydrogen) atoms. The van der Waals surface area contributed by atoms with Crippen LogP contribution in [0.5, 0.6) is 0 Å². The Morgan fingerprint density at radius 3 is 2.32 bits per heavy atom. The fourth-order valence-corrected chi connectivity index (χ4v) is 1.63. The second-order valence-electron chi connectivity index (χ2n) is 3.89. The summed E-state index contributed by atoms with van der Waals surface area (Å²) in [5.41, 5.74) is 5.29. The largest absolute Gasteiger partial charge is 0.419 e. The zero-order chi connectivity index (χ0) is 14.0. The molecule has 100 valence electrons. The molecule has 0 amide bonds. The Morgan fingerprint density at radius 2 is 1.79 bits per heavy atom. The van der Waals surface area contributed by atoms with Crippen LogP contribution < -0.4 is 5.73 Å². The smallest absolute Gasteiger partial charge is 0.320 e. The number of alkyl halides is 3. The molecule has 1 aromatic heterocycles. The van der Waals surface area contributed by atoms with Crippen LogP contribution in [-0.2, 0) is 6.18 Å². The number of nitrogens with zero attached hydrogens (tertiary/aromatic N) is 2. The molecular weight excluding hydrogens is 262 g/mol. The SMILES string of the molecule is NC(c1ccnnc1)c1ccc(C(F)(F)F)c(F)c1. The van der Waals surface area contributed by atoms with Crippen LogP contribution in [-0.4, -0.2) is 10.2 Å². The summed E-state index contributed by atoms with van der Waals surface area (Å²) < 4.78 is 50.7. The summed E-state index contributed by atoms with van der Waals surface area (Å²) in [6.07, 6.45) is -1.94. The van der Waals surface area contributed by atoms with E-state index in [1.165, 1.54) is 12.4 Å². The second-order valence-corrected chi connectivity index (χ2v) is 3.89. The van der Waals surface area contributed by atoms with Crippen LogP contribution in [0.25, 0.3) is 0 Å². The van der Waals surface area contributed by atoms with Gasteiger partial charge in [-0.2, -0.15) is 23.4 Å². The number of rotatable bonds is 2. The molecule has 1 heterocycles. The summed E-state index contributed by atoms with van der Waals surface area (Å²) in [4.78, 5) is 0.